The van der Waals surface area contributed by atoms with Crippen molar-refractivity contribution in [3.8, 4) is 0 Å². The Morgan fingerprint density at radius 3 is 2.52 bits per heavy atom. The number of hydrogen-bond acceptors (Lipinski definition) is 3. The van der Waals surface area contributed by atoms with Gasteiger partial charge in [0.2, 0.25) is 5.91 Å². The third kappa shape index (κ3) is 3.27. The van der Waals surface area contributed by atoms with E-state index in [4.69, 9.17) is 0 Å². The number of piperidine rings is 1. The summed E-state index contributed by atoms with van der Waals surface area (Å²) in [6.45, 7) is 6.26. The van der Waals surface area contributed by atoms with E-state index in [0.717, 1.165) is 68.8 Å². The number of fused-ring (bicyclic) bond motifs is 1. The van der Waals surface area contributed by atoms with Crippen molar-refractivity contribution >= 4 is 29.9 Å². The van der Waals surface area contributed by atoms with E-state index in [1.54, 1.807) is 11.8 Å². The Bertz CT molecular complexity index is 675. The lowest BCUT2D eigenvalue weighted by Gasteiger charge is -2.39. The van der Waals surface area contributed by atoms with Crippen LogP contribution in [0, 0.1) is 5.41 Å². The molecule has 0 atom stereocenters. The quantitative estimate of drug-likeness (QED) is 0.832. The van der Waals surface area contributed by atoms with Crippen LogP contribution in [0.5, 0.6) is 0 Å². The third-order valence-corrected chi connectivity index (χ3v) is 6.05. The van der Waals surface area contributed by atoms with Crippen LogP contribution in [0.25, 0.3) is 0 Å². The van der Waals surface area contributed by atoms with Gasteiger partial charge in [-0.2, -0.15) is 0 Å². The summed E-state index contributed by atoms with van der Waals surface area (Å²) in [6.07, 6.45) is 4.29. The number of likely N-dealkylation sites (tertiary alicyclic amines) is 1. The van der Waals surface area contributed by atoms with E-state index in [2.05, 4.69) is 5.32 Å². The molecule has 3 aliphatic heterocycles. The van der Waals surface area contributed by atoms with Crippen LogP contribution in [0.15, 0.2) is 18.2 Å². The molecule has 3 aliphatic rings. The molecule has 0 bridgehead atoms. The summed E-state index contributed by atoms with van der Waals surface area (Å²) < 4.78 is 0. The molecule has 0 aromatic heterocycles. The molecule has 136 valence electrons. The Hall–Kier alpha value is -1.59. The van der Waals surface area contributed by atoms with Crippen LogP contribution in [0.3, 0.4) is 0 Å². The largest absolute Gasteiger partial charge is 0.339 e. The van der Waals surface area contributed by atoms with E-state index in [-0.39, 0.29) is 24.2 Å². The maximum absolute atomic E-state index is 12.8. The summed E-state index contributed by atoms with van der Waals surface area (Å²) in [4.78, 5) is 28.3. The van der Waals surface area contributed by atoms with Crippen molar-refractivity contribution in [2.45, 2.75) is 32.6 Å². The molecule has 0 aliphatic carbocycles. The predicted octanol–water partition coefficient (Wildman–Crippen LogP) is 2.23. The van der Waals surface area contributed by atoms with Gasteiger partial charge in [-0.15, -0.1) is 12.4 Å². The van der Waals surface area contributed by atoms with Gasteiger partial charge in [-0.25, -0.2) is 0 Å². The minimum atomic E-state index is 0. The van der Waals surface area contributed by atoms with E-state index >= 15 is 0 Å². The van der Waals surface area contributed by atoms with Gasteiger partial charge >= 0.3 is 0 Å². The topological polar surface area (TPSA) is 52.7 Å². The van der Waals surface area contributed by atoms with E-state index in [1.807, 2.05) is 23.1 Å². The molecule has 2 saturated heterocycles. The van der Waals surface area contributed by atoms with Crippen LogP contribution in [0.2, 0.25) is 0 Å². The van der Waals surface area contributed by atoms with Crippen molar-refractivity contribution in [3.05, 3.63) is 29.3 Å². The fraction of sp³-hybridized carbons (Fsp3) is 0.579. The molecule has 2 amide bonds. The lowest BCUT2D eigenvalue weighted by molar-refractivity contribution is -0.116. The number of nitrogens with zero attached hydrogens (tertiary/aromatic N) is 2. The van der Waals surface area contributed by atoms with Gasteiger partial charge in [0.1, 0.15) is 0 Å². The average Bonchev–Trinajstić information content (AvgIpc) is 3.21. The molecule has 3 heterocycles. The normalized spacial score (nSPS) is 21.2. The summed E-state index contributed by atoms with van der Waals surface area (Å²) in [5.74, 6) is 0.208. The molecule has 25 heavy (non-hydrogen) atoms. The van der Waals surface area contributed by atoms with Crippen LogP contribution in [0.4, 0.5) is 5.69 Å². The smallest absolute Gasteiger partial charge is 0.253 e. The Morgan fingerprint density at radius 1 is 1.12 bits per heavy atom. The van der Waals surface area contributed by atoms with Crippen LogP contribution in [0.1, 0.15) is 42.1 Å². The summed E-state index contributed by atoms with van der Waals surface area (Å²) in [7, 11) is 0. The molecular formula is C19H26ClN3O2. The molecule has 2 fully saturated rings. The highest BCUT2D eigenvalue weighted by atomic mass is 35.5. The predicted molar refractivity (Wildman–Crippen MR) is 100 cm³/mol. The van der Waals surface area contributed by atoms with E-state index in [0.29, 0.717) is 5.41 Å². The maximum atomic E-state index is 12.8. The molecule has 0 unspecified atom stereocenters. The number of carbonyl (C=O) groups excluding carboxylic acids is 2. The fourth-order valence-electron chi connectivity index (χ4n) is 4.45. The Kier molecular flexibility index (Phi) is 5.07. The van der Waals surface area contributed by atoms with Crippen molar-refractivity contribution in [2.24, 2.45) is 5.41 Å². The van der Waals surface area contributed by atoms with Gasteiger partial charge in [-0.05, 0) is 61.4 Å². The molecule has 4 rings (SSSR count). The molecule has 1 aromatic rings. The Morgan fingerprint density at radius 2 is 1.88 bits per heavy atom. The molecular weight excluding hydrogens is 338 g/mol. The van der Waals surface area contributed by atoms with Crippen molar-refractivity contribution in [2.75, 3.05) is 37.6 Å². The summed E-state index contributed by atoms with van der Waals surface area (Å²) in [5, 5.41) is 3.46. The monoisotopic (exact) mass is 363 g/mol. The van der Waals surface area contributed by atoms with E-state index < -0.39 is 0 Å². The molecule has 1 N–H and O–H groups in total. The number of carbonyl (C=O) groups is 2. The maximum Gasteiger partial charge on any atom is 0.253 e. The average molecular weight is 364 g/mol. The second-order valence-corrected chi connectivity index (χ2v) is 7.48. The second-order valence-electron chi connectivity index (χ2n) is 7.48. The molecule has 1 spiro atoms. The molecule has 0 radical (unpaired) electrons. The lowest BCUT2D eigenvalue weighted by Crippen LogP contribution is -2.44. The summed E-state index contributed by atoms with van der Waals surface area (Å²) in [5.41, 5.74) is 3.27. The van der Waals surface area contributed by atoms with Crippen LogP contribution < -0.4 is 10.2 Å². The highest BCUT2D eigenvalue weighted by Gasteiger charge is 2.38. The molecule has 0 saturated carbocycles. The first-order chi connectivity index (χ1) is 11.6. The number of halogens is 1. The van der Waals surface area contributed by atoms with Gasteiger partial charge in [0, 0.05) is 44.4 Å². The number of hydrogen-bond donors (Lipinski definition) is 1. The number of benzene rings is 1. The first-order valence-corrected chi connectivity index (χ1v) is 8.99. The first-order valence-electron chi connectivity index (χ1n) is 8.99. The minimum Gasteiger partial charge on any atom is -0.339 e. The molecule has 1 aromatic carbocycles. The summed E-state index contributed by atoms with van der Waals surface area (Å²) in [6, 6.07) is 5.80. The Balaban J connectivity index is 0.00000182. The van der Waals surface area contributed by atoms with Gasteiger partial charge in [0.25, 0.3) is 5.91 Å². The van der Waals surface area contributed by atoms with Gasteiger partial charge in [-0.3, -0.25) is 9.59 Å². The van der Waals surface area contributed by atoms with Crippen molar-refractivity contribution in [3.63, 3.8) is 0 Å². The van der Waals surface area contributed by atoms with Crippen LogP contribution >= 0.6 is 12.4 Å². The van der Waals surface area contributed by atoms with Crippen LogP contribution in [-0.2, 0) is 11.2 Å². The first kappa shape index (κ1) is 18.2. The lowest BCUT2D eigenvalue weighted by atomic mass is 9.78. The standard InChI is InChI=1S/C19H25N3O2.ClH/c1-14(23)22-9-4-15-12-16(2-3-17(15)22)18(24)21-10-6-19(7-11-21)5-8-20-13-19;/h2-3,12,20H,4-11,13H2,1H3;1H. The van der Waals surface area contributed by atoms with Gasteiger partial charge < -0.3 is 15.1 Å². The van der Waals surface area contributed by atoms with Crippen molar-refractivity contribution in [1.29, 1.82) is 0 Å². The second kappa shape index (κ2) is 6.96. The summed E-state index contributed by atoms with van der Waals surface area (Å²) >= 11 is 0. The SMILES string of the molecule is CC(=O)N1CCc2cc(C(=O)N3CCC4(CCNC4)CC3)ccc21.Cl. The van der Waals surface area contributed by atoms with Crippen molar-refractivity contribution in [1.82, 2.24) is 10.2 Å². The highest BCUT2D eigenvalue weighted by Crippen LogP contribution is 2.37. The Labute approximate surface area is 155 Å². The zero-order chi connectivity index (χ0) is 16.7. The highest BCUT2D eigenvalue weighted by molar-refractivity contribution is 5.98. The van der Waals surface area contributed by atoms with E-state index in [1.165, 1.54) is 6.42 Å². The molecule has 5 nitrogen and oxygen atoms in total. The zero-order valence-electron chi connectivity index (χ0n) is 14.7. The number of anilines is 1. The third-order valence-electron chi connectivity index (χ3n) is 6.05. The number of amides is 2. The molecule has 6 heteroatoms. The van der Waals surface area contributed by atoms with Gasteiger partial charge in [-0.1, -0.05) is 0 Å². The van der Waals surface area contributed by atoms with Gasteiger partial charge in [0.05, 0.1) is 0 Å². The number of nitrogens with one attached hydrogen (secondary N) is 1. The van der Waals surface area contributed by atoms with E-state index in [9.17, 15) is 9.59 Å². The fourth-order valence-corrected chi connectivity index (χ4v) is 4.45. The number of rotatable bonds is 1. The van der Waals surface area contributed by atoms with Crippen molar-refractivity contribution < 1.29 is 9.59 Å². The minimum absolute atomic E-state index is 0. The zero-order valence-corrected chi connectivity index (χ0v) is 15.5. The van der Waals surface area contributed by atoms with Crippen LogP contribution in [-0.4, -0.2) is 49.4 Å². The van der Waals surface area contributed by atoms with Gasteiger partial charge in [0.15, 0.2) is 0 Å².